The lowest BCUT2D eigenvalue weighted by Crippen LogP contribution is -2.32. The van der Waals surface area contributed by atoms with E-state index >= 15 is 0 Å². The van der Waals surface area contributed by atoms with E-state index in [1.54, 1.807) is 0 Å². The van der Waals surface area contributed by atoms with E-state index in [9.17, 15) is 4.79 Å². The fourth-order valence-electron chi connectivity index (χ4n) is 3.25. The summed E-state index contributed by atoms with van der Waals surface area (Å²) < 4.78 is 7.72. The number of carbonyl (C=O) groups excluding carboxylic acids is 1. The second-order valence-corrected chi connectivity index (χ2v) is 5.73. The summed E-state index contributed by atoms with van der Waals surface area (Å²) >= 11 is 0. The Morgan fingerprint density at radius 3 is 3.23 bits per heavy atom. The maximum atomic E-state index is 12.5. The molecule has 22 heavy (non-hydrogen) atoms. The van der Waals surface area contributed by atoms with Gasteiger partial charge in [-0.3, -0.25) is 4.79 Å². The maximum Gasteiger partial charge on any atom is 0.228 e. The van der Waals surface area contributed by atoms with Gasteiger partial charge in [0.25, 0.3) is 0 Å². The number of nitrogens with zero attached hydrogens (tertiary/aromatic N) is 3. The number of aromatic nitrogens is 3. The summed E-state index contributed by atoms with van der Waals surface area (Å²) in [7, 11) is 0. The van der Waals surface area contributed by atoms with Crippen LogP contribution in [0.3, 0.4) is 0 Å². The van der Waals surface area contributed by atoms with E-state index in [1.165, 1.54) is 0 Å². The molecule has 0 bridgehead atoms. The number of nitrogens with one attached hydrogen (secondary N) is 1. The predicted octanol–water partition coefficient (Wildman–Crippen LogP) is 1.41. The first-order chi connectivity index (χ1) is 10.8. The number of fused-ring (bicyclic) bond motifs is 2. The van der Waals surface area contributed by atoms with Crippen molar-refractivity contribution in [2.75, 3.05) is 6.61 Å². The summed E-state index contributed by atoms with van der Waals surface area (Å²) in [6.07, 6.45) is 2.80. The first-order valence-corrected chi connectivity index (χ1v) is 7.73. The molecule has 0 saturated carbocycles. The zero-order valence-electron chi connectivity index (χ0n) is 12.3. The van der Waals surface area contributed by atoms with Crippen LogP contribution >= 0.6 is 0 Å². The minimum atomic E-state index is -0.147. The molecule has 3 heterocycles. The van der Waals surface area contributed by atoms with Gasteiger partial charge in [-0.05, 0) is 18.9 Å². The maximum absolute atomic E-state index is 12.5. The van der Waals surface area contributed by atoms with Gasteiger partial charge < -0.3 is 14.6 Å². The Labute approximate surface area is 128 Å². The van der Waals surface area contributed by atoms with Gasteiger partial charge in [0.1, 0.15) is 11.6 Å². The van der Waals surface area contributed by atoms with Gasteiger partial charge in [0.05, 0.1) is 19.1 Å². The van der Waals surface area contributed by atoms with Gasteiger partial charge in [-0.2, -0.15) is 0 Å². The van der Waals surface area contributed by atoms with Crippen molar-refractivity contribution in [2.24, 2.45) is 0 Å². The SMILES string of the molecule is O=C(NCc1nnc2n1CCC2)C1CCOc2ccccc21. The molecule has 2 aromatic rings. The van der Waals surface area contributed by atoms with E-state index in [0.717, 1.165) is 42.3 Å². The first-order valence-electron chi connectivity index (χ1n) is 7.73. The summed E-state index contributed by atoms with van der Waals surface area (Å²) in [4.78, 5) is 12.5. The molecule has 114 valence electrons. The second-order valence-electron chi connectivity index (χ2n) is 5.73. The molecule has 1 unspecified atom stereocenters. The van der Waals surface area contributed by atoms with E-state index in [4.69, 9.17) is 4.74 Å². The summed E-state index contributed by atoms with van der Waals surface area (Å²) in [6.45, 7) is 1.97. The zero-order valence-corrected chi connectivity index (χ0v) is 12.3. The van der Waals surface area contributed by atoms with Gasteiger partial charge >= 0.3 is 0 Å². The minimum absolute atomic E-state index is 0.0334. The third-order valence-electron chi connectivity index (χ3n) is 4.38. The van der Waals surface area contributed by atoms with Crippen molar-refractivity contribution in [2.45, 2.75) is 38.3 Å². The van der Waals surface area contributed by atoms with Gasteiger partial charge in [0, 0.05) is 18.5 Å². The molecule has 6 nitrogen and oxygen atoms in total. The largest absolute Gasteiger partial charge is 0.493 e. The van der Waals surface area contributed by atoms with Crippen LogP contribution in [0, 0.1) is 0 Å². The summed E-state index contributed by atoms with van der Waals surface area (Å²) in [6, 6.07) is 7.76. The van der Waals surface area contributed by atoms with Crippen LogP contribution in [0.25, 0.3) is 0 Å². The summed E-state index contributed by atoms with van der Waals surface area (Å²) in [5.41, 5.74) is 0.970. The number of aryl methyl sites for hydroxylation is 1. The standard InChI is InChI=1S/C16H18N4O2/c21-16(12-7-9-22-13-5-2-1-4-11(12)13)17-10-15-19-18-14-6-3-8-20(14)15/h1-2,4-5,12H,3,6-10H2,(H,17,21). The highest BCUT2D eigenvalue weighted by molar-refractivity contribution is 5.84. The molecular formula is C16H18N4O2. The van der Waals surface area contributed by atoms with Crippen LogP contribution in [0.5, 0.6) is 5.75 Å². The molecule has 1 aromatic carbocycles. The Morgan fingerprint density at radius 1 is 1.36 bits per heavy atom. The molecule has 0 radical (unpaired) electrons. The number of amides is 1. The quantitative estimate of drug-likeness (QED) is 0.930. The number of ether oxygens (including phenoxy) is 1. The Bertz CT molecular complexity index is 710. The van der Waals surface area contributed by atoms with E-state index in [-0.39, 0.29) is 11.8 Å². The van der Waals surface area contributed by atoms with Crippen molar-refractivity contribution < 1.29 is 9.53 Å². The number of carbonyl (C=O) groups is 1. The second kappa shape index (κ2) is 5.44. The highest BCUT2D eigenvalue weighted by Crippen LogP contribution is 2.33. The Morgan fingerprint density at radius 2 is 2.27 bits per heavy atom. The van der Waals surface area contributed by atoms with Crippen molar-refractivity contribution >= 4 is 5.91 Å². The molecule has 0 fully saturated rings. The number of rotatable bonds is 3. The van der Waals surface area contributed by atoms with Crippen LogP contribution in [-0.2, 0) is 24.3 Å². The third-order valence-corrected chi connectivity index (χ3v) is 4.38. The van der Waals surface area contributed by atoms with Crippen molar-refractivity contribution in [1.82, 2.24) is 20.1 Å². The topological polar surface area (TPSA) is 69.0 Å². The molecule has 1 amide bonds. The molecule has 2 aliphatic heterocycles. The molecule has 6 heteroatoms. The molecule has 0 spiro atoms. The molecule has 1 aromatic heterocycles. The number of para-hydroxylation sites is 1. The predicted molar refractivity (Wildman–Crippen MR) is 79.5 cm³/mol. The van der Waals surface area contributed by atoms with Crippen molar-refractivity contribution in [3.05, 3.63) is 41.5 Å². The first kappa shape index (κ1) is 13.3. The van der Waals surface area contributed by atoms with Crippen LogP contribution in [0.2, 0.25) is 0 Å². The monoisotopic (exact) mass is 298 g/mol. The molecular weight excluding hydrogens is 280 g/mol. The number of hydrogen-bond donors (Lipinski definition) is 1. The molecule has 2 aliphatic rings. The molecule has 4 rings (SSSR count). The van der Waals surface area contributed by atoms with Gasteiger partial charge in [0.2, 0.25) is 5.91 Å². The Kier molecular flexibility index (Phi) is 3.29. The molecule has 1 atom stereocenters. The Balaban J connectivity index is 1.47. The lowest BCUT2D eigenvalue weighted by molar-refractivity contribution is -0.123. The zero-order chi connectivity index (χ0) is 14.9. The lowest BCUT2D eigenvalue weighted by Gasteiger charge is -2.25. The minimum Gasteiger partial charge on any atom is -0.493 e. The number of hydrogen-bond acceptors (Lipinski definition) is 4. The molecule has 0 aliphatic carbocycles. The summed E-state index contributed by atoms with van der Waals surface area (Å²) in [5, 5.41) is 11.3. The van der Waals surface area contributed by atoms with Crippen LogP contribution < -0.4 is 10.1 Å². The normalized spacial score (nSPS) is 19.2. The molecule has 0 saturated heterocycles. The summed E-state index contributed by atoms with van der Waals surface area (Å²) in [5.74, 6) is 2.58. The van der Waals surface area contributed by atoms with Crippen molar-refractivity contribution in [3.8, 4) is 5.75 Å². The molecule has 1 N–H and O–H groups in total. The van der Waals surface area contributed by atoms with Crippen LogP contribution in [-0.4, -0.2) is 27.3 Å². The Hall–Kier alpha value is -2.37. The van der Waals surface area contributed by atoms with Gasteiger partial charge in [-0.15, -0.1) is 10.2 Å². The fraction of sp³-hybridized carbons (Fsp3) is 0.438. The van der Waals surface area contributed by atoms with Crippen molar-refractivity contribution in [1.29, 1.82) is 0 Å². The van der Waals surface area contributed by atoms with Gasteiger partial charge in [-0.1, -0.05) is 18.2 Å². The van der Waals surface area contributed by atoms with E-state index < -0.39 is 0 Å². The average molecular weight is 298 g/mol. The van der Waals surface area contributed by atoms with Gasteiger partial charge in [-0.25, -0.2) is 0 Å². The van der Waals surface area contributed by atoms with E-state index in [0.29, 0.717) is 19.6 Å². The van der Waals surface area contributed by atoms with Crippen LogP contribution in [0.4, 0.5) is 0 Å². The van der Waals surface area contributed by atoms with Gasteiger partial charge in [0.15, 0.2) is 5.82 Å². The van der Waals surface area contributed by atoms with Crippen LogP contribution in [0.15, 0.2) is 24.3 Å². The smallest absolute Gasteiger partial charge is 0.228 e. The highest BCUT2D eigenvalue weighted by Gasteiger charge is 2.27. The van der Waals surface area contributed by atoms with Crippen LogP contribution in [0.1, 0.15) is 36.0 Å². The average Bonchev–Trinajstić information content (AvgIpc) is 3.16. The highest BCUT2D eigenvalue weighted by atomic mass is 16.5. The van der Waals surface area contributed by atoms with E-state index in [1.807, 2.05) is 24.3 Å². The third kappa shape index (κ3) is 2.24. The number of benzene rings is 1. The van der Waals surface area contributed by atoms with E-state index in [2.05, 4.69) is 20.1 Å². The lowest BCUT2D eigenvalue weighted by atomic mass is 9.92. The van der Waals surface area contributed by atoms with Crippen molar-refractivity contribution in [3.63, 3.8) is 0 Å². The fourth-order valence-corrected chi connectivity index (χ4v) is 3.25.